The number of carbonyl (C=O) groups is 1. The zero-order valence-electron chi connectivity index (χ0n) is 18.5. The highest BCUT2D eigenvalue weighted by Crippen LogP contribution is 2.24. The molecule has 0 radical (unpaired) electrons. The summed E-state index contributed by atoms with van der Waals surface area (Å²) in [7, 11) is -3.95. The Morgan fingerprint density at radius 1 is 1.03 bits per heavy atom. The van der Waals surface area contributed by atoms with Crippen LogP contribution in [0.3, 0.4) is 0 Å². The van der Waals surface area contributed by atoms with E-state index in [2.05, 4.69) is 15.3 Å². The van der Waals surface area contributed by atoms with Gasteiger partial charge in [-0.15, -0.1) is 0 Å². The third-order valence-corrected chi connectivity index (χ3v) is 7.71. The SMILES string of the molecule is CCn1cc(C(=O)Nc2ccc(C)cc2)c(S(=O)(=O)N2CCN(c3ccc(Cl)cc3)CC2)n1. The largest absolute Gasteiger partial charge is 0.369 e. The number of aryl methyl sites for hydroxylation is 2. The predicted molar refractivity (Wildman–Crippen MR) is 129 cm³/mol. The van der Waals surface area contributed by atoms with Crippen molar-refractivity contribution in [3.05, 3.63) is 70.9 Å². The van der Waals surface area contributed by atoms with E-state index >= 15 is 0 Å². The number of nitrogens with zero attached hydrogens (tertiary/aromatic N) is 4. The van der Waals surface area contributed by atoms with Crippen molar-refractivity contribution in [3.8, 4) is 0 Å². The van der Waals surface area contributed by atoms with Crippen LogP contribution in [0.5, 0.6) is 0 Å². The van der Waals surface area contributed by atoms with Gasteiger partial charge < -0.3 is 10.2 Å². The minimum absolute atomic E-state index is 0.0394. The molecule has 174 valence electrons. The lowest BCUT2D eigenvalue weighted by molar-refractivity contribution is 0.102. The quantitative estimate of drug-likeness (QED) is 0.573. The molecule has 1 amide bonds. The Kier molecular flexibility index (Phi) is 6.73. The van der Waals surface area contributed by atoms with Gasteiger partial charge in [0, 0.05) is 55.3 Å². The van der Waals surface area contributed by atoms with E-state index in [0.29, 0.717) is 43.4 Å². The van der Waals surface area contributed by atoms with Crippen LogP contribution in [-0.4, -0.2) is 54.6 Å². The first-order chi connectivity index (χ1) is 15.8. The van der Waals surface area contributed by atoms with Crippen LogP contribution >= 0.6 is 11.6 Å². The van der Waals surface area contributed by atoms with Crippen molar-refractivity contribution in [3.63, 3.8) is 0 Å². The summed E-state index contributed by atoms with van der Waals surface area (Å²) in [5.41, 5.74) is 2.69. The van der Waals surface area contributed by atoms with E-state index in [1.54, 1.807) is 12.1 Å². The van der Waals surface area contributed by atoms with Gasteiger partial charge in [0.25, 0.3) is 15.9 Å². The van der Waals surface area contributed by atoms with Gasteiger partial charge in [-0.1, -0.05) is 29.3 Å². The fraction of sp³-hybridized carbons (Fsp3) is 0.304. The predicted octanol–water partition coefficient (Wildman–Crippen LogP) is 3.63. The average molecular weight is 488 g/mol. The van der Waals surface area contributed by atoms with Crippen molar-refractivity contribution < 1.29 is 13.2 Å². The van der Waals surface area contributed by atoms with Gasteiger partial charge in [0.2, 0.25) is 5.03 Å². The number of amides is 1. The lowest BCUT2D eigenvalue weighted by Gasteiger charge is -2.35. The van der Waals surface area contributed by atoms with E-state index in [4.69, 9.17) is 11.6 Å². The second-order valence-corrected chi connectivity index (χ2v) is 10.2. The van der Waals surface area contributed by atoms with E-state index < -0.39 is 15.9 Å². The molecule has 33 heavy (non-hydrogen) atoms. The first-order valence-electron chi connectivity index (χ1n) is 10.7. The number of carbonyl (C=O) groups excluding carboxylic acids is 1. The Morgan fingerprint density at radius 3 is 2.27 bits per heavy atom. The number of rotatable bonds is 6. The molecule has 2 heterocycles. The molecular formula is C23H26ClN5O3S. The maximum absolute atomic E-state index is 13.5. The van der Waals surface area contributed by atoms with Crippen molar-refractivity contribution in [1.29, 1.82) is 0 Å². The zero-order chi connectivity index (χ0) is 23.6. The Morgan fingerprint density at radius 2 is 1.67 bits per heavy atom. The molecule has 0 saturated carbocycles. The molecular weight excluding hydrogens is 462 g/mol. The molecule has 0 bridgehead atoms. The second-order valence-electron chi connectivity index (χ2n) is 7.89. The summed E-state index contributed by atoms with van der Waals surface area (Å²) in [4.78, 5) is 15.1. The second kappa shape index (κ2) is 9.54. The Balaban J connectivity index is 1.54. The van der Waals surface area contributed by atoms with Crippen molar-refractivity contribution in [2.75, 3.05) is 36.4 Å². The normalized spacial score (nSPS) is 14.9. The lowest BCUT2D eigenvalue weighted by atomic mass is 10.2. The lowest BCUT2D eigenvalue weighted by Crippen LogP contribution is -2.49. The Hall–Kier alpha value is -2.88. The van der Waals surface area contributed by atoms with Gasteiger partial charge in [0.1, 0.15) is 0 Å². The highest BCUT2D eigenvalue weighted by molar-refractivity contribution is 7.89. The molecule has 0 unspecified atom stereocenters. The summed E-state index contributed by atoms with van der Waals surface area (Å²) in [5, 5.41) is 7.46. The van der Waals surface area contributed by atoms with Crippen LogP contribution in [0.1, 0.15) is 22.8 Å². The van der Waals surface area contributed by atoms with E-state index in [1.807, 2.05) is 50.2 Å². The third kappa shape index (κ3) is 5.05. The summed E-state index contributed by atoms with van der Waals surface area (Å²) < 4.78 is 29.8. The van der Waals surface area contributed by atoms with Gasteiger partial charge in [-0.2, -0.15) is 9.40 Å². The highest BCUT2D eigenvalue weighted by atomic mass is 35.5. The summed E-state index contributed by atoms with van der Waals surface area (Å²) in [6.07, 6.45) is 1.49. The van der Waals surface area contributed by atoms with Gasteiger partial charge in [-0.05, 0) is 50.2 Å². The molecule has 3 aromatic rings. The van der Waals surface area contributed by atoms with Crippen LogP contribution in [0, 0.1) is 6.92 Å². The van der Waals surface area contributed by atoms with Gasteiger partial charge in [-0.3, -0.25) is 9.48 Å². The number of benzene rings is 2. The third-order valence-electron chi connectivity index (χ3n) is 5.62. The fourth-order valence-electron chi connectivity index (χ4n) is 3.71. The monoisotopic (exact) mass is 487 g/mol. The molecule has 0 atom stereocenters. The van der Waals surface area contributed by atoms with Crippen molar-refractivity contribution in [2.45, 2.75) is 25.4 Å². The number of piperazine rings is 1. The number of halogens is 1. The number of nitrogens with one attached hydrogen (secondary N) is 1. The van der Waals surface area contributed by atoms with E-state index in [9.17, 15) is 13.2 Å². The first kappa shape index (κ1) is 23.3. The van der Waals surface area contributed by atoms with Crippen LogP contribution < -0.4 is 10.2 Å². The number of sulfonamides is 1. The topological polar surface area (TPSA) is 87.5 Å². The first-order valence-corrected chi connectivity index (χ1v) is 12.6. The number of hydrogen-bond donors (Lipinski definition) is 1. The van der Waals surface area contributed by atoms with Crippen LogP contribution in [0.2, 0.25) is 5.02 Å². The van der Waals surface area contributed by atoms with Crippen molar-refractivity contribution >= 4 is 38.9 Å². The number of hydrogen-bond acceptors (Lipinski definition) is 5. The summed E-state index contributed by atoms with van der Waals surface area (Å²) in [5.74, 6) is -0.503. The molecule has 4 rings (SSSR count). The van der Waals surface area contributed by atoms with Crippen LogP contribution in [-0.2, 0) is 16.6 Å². The molecule has 1 aromatic heterocycles. The minimum atomic E-state index is -3.95. The molecule has 0 spiro atoms. The molecule has 1 aliphatic heterocycles. The Bertz CT molecular complexity index is 1230. The van der Waals surface area contributed by atoms with Crippen molar-refractivity contribution in [1.82, 2.24) is 14.1 Å². The number of aromatic nitrogens is 2. The standard InChI is InChI=1S/C23H26ClN5O3S/c1-3-28-16-21(22(30)25-19-8-4-17(2)5-9-19)23(26-28)33(31,32)29-14-12-27(13-15-29)20-10-6-18(24)7-11-20/h4-11,16H,3,12-15H2,1-2H3,(H,25,30). The molecule has 8 nitrogen and oxygen atoms in total. The molecule has 2 aromatic carbocycles. The van der Waals surface area contributed by atoms with E-state index in [-0.39, 0.29) is 10.6 Å². The molecule has 1 saturated heterocycles. The number of anilines is 2. The van der Waals surface area contributed by atoms with Crippen LogP contribution in [0.25, 0.3) is 0 Å². The van der Waals surface area contributed by atoms with E-state index in [0.717, 1.165) is 11.3 Å². The maximum Gasteiger partial charge on any atom is 0.263 e. The van der Waals surface area contributed by atoms with Crippen LogP contribution in [0.15, 0.2) is 59.8 Å². The molecule has 0 aliphatic carbocycles. The van der Waals surface area contributed by atoms with E-state index in [1.165, 1.54) is 15.2 Å². The Labute approximate surface area is 198 Å². The summed E-state index contributed by atoms with van der Waals surface area (Å²) in [6, 6.07) is 14.8. The van der Waals surface area contributed by atoms with Gasteiger partial charge in [0.05, 0.1) is 5.56 Å². The molecule has 10 heteroatoms. The summed E-state index contributed by atoms with van der Waals surface area (Å²) in [6.45, 7) is 5.89. The highest BCUT2D eigenvalue weighted by Gasteiger charge is 2.34. The van der Waals surface area contributed by atoms with Gasteiger partial charge >= 0.3 is 0 Å². The maximum atomic E-state index is 13.5. The van der Waals surface area contributed by atoms with Crippen molar-refractivity contribution in [2.24, 2.45) is 0 Å². The molecule has 1 N–H and O–H groups in total. The smallest absolute Gasteiger partial charge is 0.263 e. The fourth-order valence-corrected chi connectivity index (χ4v) is 5.35. The zero-order valence-corrected chi connectivity index (χ0v) is 20.1. The molecule has 1 aliphatic rings. The summed E-state index contributed by atoms with van der Waals surface area (Å²) >= 11 is 5.97. The van der Waals surface area contributed by atoms with Crippen LogP contribution in [0.4, 0.5) is 11.4 Å². The molecule has 1 fully saturated rings. The average Bonchev–Trinajstić information content (AvgIpc) is 3.27. The van der Waals surface area contributed by atoms with Gasteiger partial charge in [0.15, 0.2) is 0 Å². The van der Waals surface area contributed by atoms with Gasteiger partial charge in [-0.25, -0.2) is 8.42 Å². The minimum Gasteiger partial charge on any atom is -0.369 e.